The molecule has 0 saturated heterocycles. The van der Waals surface area contributed by atoms with Gasteiger partial charge >= 0.3 is 5.69 Å². The summed E-state index contributed by atoms with van der Waals surface area (Å²) in [5.74, 6) is 0.0681. The van der Waals surface area contributed by atoms with Crippen molar-refractivity contribution in [2.75, 3.05) is 13.7 Å². The Kier molecular flexibility index (Phi) is 5.75. The van der Waals surface area contributed by atoms with Gasteiger partial charge in [-0.25, -0.2) is 9.89 Å². The Hall–Kier alpha value is -1.86. The Bertz CT molecular complexity index is 812. The minimum atomic E-state index is -0.309. The number of aryl methyl sites for hydroxylation is 2. The van der Waals surface area contributed by atoms with E-state index >= 15 is 0 Å². The number of rotatable bonds is 8. The van der Waals surface area contributed by atoms with Gasteiger partial charge in [0, 0.05) is 25.8 Å². The highest BCUT2D eigenvalue weighted by Gasteiger charge is 2.22. The SMILES string of the molecule is COCCCn1c(SC(C)C(=O)c2ccc3c(c2)CCC3)n[nH]c1=O. The first-order chi connectivity index (χ1) is 12.1. The van der Waals surface area contributed by atoms with Crippen molar-refractivity contribution in [3.63, 3.8) is 0 Å². The number of aromatic amines is 1. The van der Waals surface area contributed by atoms with Gasteiger partial charge in [-0.3, -0.25) is 9.36 Å². The monoisotopic (exact) mass is 361 g/mol. The molecule has 0 saturated carbocycles. The fourth-order valence-corrected chi connectivity index (χ4v) is 4.09. The summed E-state index contributed by atoms with van der Waals surface area (Å²) < 4.78 is 6.59. The molecule has 1 N–H and O–H groups in total. The first kappa shape index (κ1) is 17.9. The lowest BCUT2D eigenvalue weighted by atomic mass is 10.0. The maximum absolute atomic E-state index is 12.8. The van der Waals surface area contributed by atoms with Crippen LogP contribution in [0.2, 0.25) is 0 Å². The number of hydrogen-bond acceptors (Lipinski definition) is 5. The first-order valence-corrected chi connectivity index (χ1v) is 9.45. The van der Waals surface area contributed by atoms with Gasteiger partial charge in [-0.15, -0.1) is 5.10 Å². The predicted molar refractivity (Wildman–Crippen MR) is 97.5 cm³/mol. The molecule has 0 aliphatic heterocycles. The highest BCUT2D eigenvalue weighted by atomic mass is 32.2. The summed E-state index contributed by atoms with van der Waals surface area (Å²) in [5.41, 5.74) is 3.13. The molecular formula is C18H23N3O3S. The molecule has 0 amide bonds. The van der Waals surface area contributed by atoms with Crippen LogP contribution in [0.3, 0.4) is 0 Å². The van der Waals surface area contributed by atoms with Crippen molar-refractivity contribution in [3.8, 4) is 0 Å². The van der Waals surface area contributed by atoms with Gasteiger partial charge in [0.2, 0.25) is 0 Å². The molecule has 0 radical (unpaired) electrons. The summed E-state index contributed by atoms with van der Waals surface area (Å²) in [6.07, 6.45) is 4.04. The lowest BCUT2D eigenvalue weighted by molar-refractivity contribution is 0.0993. The van der Waals surface area contributed by atoms with Crippen molar-refractivity contribution in [2.24, 2.45) is 0 Å². The van der Waals surface area contributed by atoms with Crippen LogP contribution >= 0.6 is 11.8 Å². The molecule has 0 spiro atoms. The minimum absolute atomic E-state index is 0.0681. The molecule has 1 aromatic heterocycles. The second-order valence-corrected chi connectivity index (χ2v) is 7.58. The van der Waals surface area contributed by atoms with Gasteiger partial charge in [-0.05, 0) is 49.8 Å². The van der Waals surface area contributed by atoms with Crippen molar-refractivity contribution in [2.45, 2.75) is 49.6 Å². The standard InChI is InChI=1S/C18H23N3O3S/c1-12(16(22)15-8-7-13-5-3-6-14(13)11-15)25-18-20-19-17(23)21(18)9-4-10-24-2/h7-8,11-12H,3-6,9-10H2,1-2H3,(H,19,23). The third-order valence-corrected chi connectivity index (χ3v) is 5.58. The number of ketones is 1. The molecule has 1 aromatic carbocycles. The molecule has 0 fully saturated rings. The Morgan fingerprint density at radius 3 is 3.00 bits per heavy atom. The van der Waals surface area contributed by atoms with Crippen LogP contribution in [0.4, 0.5) is 0 Å². The number of benzene rings is 1. The zero-order valence-electron chi connectivity index (χ0n) is 14.6. The summed E-state index contributed by atoms with van der Waals surface area (Å²) in [6, 6.07) is 6.01. The molecule has 2 aromatic rings. The molecule has 0 bridgehead atoms. The lowest BCUT2D eigenvalue weighted by Crippen LogP contribution is -2.20. The van der Waals surface area contributed by atoms with Crippen LogP contribution in [0.5, 0.6) is 0 Å². The van der Waals surface area contributed by atoms with Crippen molar-refractivity contribution >= 4 is 17.5 Å². The topological polar surface area (TPSA) is 77.0 Å². The van der Waals surface area contributed by atoms with E-state index in [1.807, 2.05) is 19.1 Å². The largest absolute Gasteiger partial charge is 0.385 e. The van der Waals surface area contributed by atoms with Crippen molar-refractivity contribution in [1.29, 1.82) is 0 Å². The molecular weight excluding hydrogens is 338 g/mol. The number of nitrogens with one attached hydrogen (secondary N) is 1. The fraction of sp³-hybridized carbons (Fsp3) is 0.500. The van der Waals surface area contributed by atoms with Crippen molar-refractivity contribution in [1.82, 2.24) is 14.8 Å². The van der Waals surface area contributed by atoms with Gasteiger partial charge in [0.05, 0.1) is 5.25 Å². The summed E-state index contributed by atoms with van der Waals surface area (Å²) in [6.45, 7) is 2.95. The van der Waals surface area contributed by atoms with E-state index in [1.54, 1.807) is 11.7 Å². The van der Waals surface area contributed by atoms with Gasteiger partial charge in [0.1, 0.15) is 0 Å². The van der Waals surface area contributed by atoms with E-state index in [9.17, 15) is 9.59 Å². The number of carbonyl (C=O) groups excluding carboxylic acids is 1. The van der Waals surface area contributed by atoms with Crippen LogP contribution in [0, 0.1) is 0 Å². The van der Waals surface area contributed by atoms with Crippen molar-refractivity contribution in [3.05, 3.63) is 45.4 Å². The minimum Gasteiger partial charge on any atom is -0.385 e. The number of H-pyrrole nitrogens is 1. The number of Topliss-reactive ketones (excluding diaryl/α,β-unsaturated/α-hetero) is 1. The van der Waals surface area contributed by atoms with E-state index in [0.29, 0.717) is 18.3 Å². The molecule has 1 unspecified atom stereocenters. The molecule has 1 atom stereocenters. The number of nitrogens with zero attached hydrogens (tertiary/aromatic N) is 2. The van der Waals surface area contributed by atoms with Gasteiger partial charge in [0.25, 0.3) is 0 Å². The molecule has 1 aliphatic carbocycles. The van der Waals surface area contributed by atoms with E-state index in [0.717, 1.165) is 31.2 Å². The summed E-state index contributed by atoms with van der Waals surface area (Å²) in [5, 5.41) is 6.77. The fourth-order valence-electron chi connectivity index (χ4n) is 3.13. The Balaban J connectivity index is 1.70. The zero-order valence-corrected chi connectivity index (χ0v) is 15.4. The Labute approximate surface area is 151 Å². The van der Waals surface area contributed by atoms with E-state index in [-0.39, 0.29) is 16.7 Å². The van der Waals surface area contributed by atoms with Gasteiger partial charge in [-0.1, -0.05) is 23.9 Å². The average molecular weight is 361 g/mol. The number of methoxy groups -OCH3 is 1. The van der Waals surface area contributed by atoms with Crippen LogP contribution < -0.4 is 5.69 Å². The molecule has 7 heteroatoms. The number of thioether (sulfide) groups is 1. The van der Waals surface area contributed by atoms with Crippen LogP contribution in [0.15, 0.2) is 28.2 Å². The highest BCUT2D eigenvalue weighted by Crippen LogP contribution is 2.27. The van der Waals surface area contributed by atoms with Gasteiger partial charge in [-0.2, -0.15) is 0 Å². The summed E-state index contributed by atoms with van der Waals surface area (Å²) >= 11 is 1.32. The highest BCUT2D eigenvalue weighted by molar-refractivity contribution is 8.00. The number of fused-ring (bicyclic) bond motifs is 1. The number of aromatic nitrogens is 3. The second kappa shape index (κ2) is 8.01. The maximum atomic E-state index is 12.8. The smallest absolute Gasteiger partial charge is 0.343 e. The normalized spacial score (nSPS) is 14.5. The van der Waals surface area contributed by atoms with E-state index in [1.165, 1.54) is 22.9 Å². The average Bonchev–Trinajstić information content (AvgIpc) is 3.21. The summed E-state index contributed by atoms with van der Waals surface area (Å²) in [7, 11) is 1.63. The first-order valence-electron chi connectivity index (χ1n) is 8.57. The van der Waals surface area contributed by atoms with Crippen LogP contribution in [-0.4, -0.2) is 39.5 Å². The Morgan fingerprint density at radius 2 is 2.20 bits per heavy atom. The molecule has 134 valence electrons. The second-order valence-electron chi connectivity index (χ2n) is 6.27. The van der Waals surface area contributed by atoms with E-state index < -0.39 is 0 Å². The van der Waals surface area contributed by atoms with Crippen LogP contribution in [-0.2, 0) is 24.1 Å². The maximum Gasteiger partial charge on any atom is 0.343 e. The molecule has 1 aliphatic rings. The summed E-state index contributed by atoms with van der Waals surface area (Å²) in [4.78, 5) is 24.7. The zero-order chi connectivity index (χ0) is 17.8. The quantitative estimate of drug-likeness (QED) is 0.444. The van der Waals surface area contributed by atoms with Crippen LogP contribution in [0.1, 0.15) is 41.3 Å². The molecule has 6 nitrogen and oxygen atoms in total. The lowest BCUT2D eigenvalue weighted by Gasteiger charge is -2.11. The van der Waals surface area contributed by atoms with Gasteiger partial charge in [0.15, 0.2) is 10.9 Å². The van der Waals surface area contributed by atoms with Crippen LogP contribution in [0.25, 0.3) is 0 Å². The number of ether oxygens (including phenoxy) is 1. The third-order valence-electron chi connectivity index (χ3n) is 4.49. The van der Waals surface area contributed by atoms with E-state index in [4.69, 9.17) is 4.74 Å². The molecule has 1 heterocycles. The van der Waals surface area contributed by atoms with Gasteiger partial charge < -0.3 is 4.74 Å². The predicted octanol–water partition coefficient (Wildman–Crippen LogP) is 2.46. The number of hydrogen-bond donors (Lipinski definition) is 1. The molecule has 25 heavy (non-hydrogen) atoms. The third kappa shape index (κ3) is 4.04. The van der Waals surface area contributed by atoms with E-state index in [2.05, 4.69) is 16.3 Å². The Morgan fingerprint density at radius 1 is 1.40 bits per heavy atom. The van der Waals surface area contributed by atoms with Crippen molar-refractivity contribution < 1.29 is 9.53 Å². The number of carbonyl (C=O) groups is 1. The molecule has 3 rings (SSSR count).